The maximum atomic E-state index is 13.1. The number of aliphatic hydroxyl groups is 1. The van der Waals surface area contributed by atoms with Gasteiger partial charge in [0.15, 0.2) is 5.78 Å². The minimum atomic E-state index is -0.363. The SMILES string of the molecule is O=C(CCN1CCCC1CCCO)c1cccc(F)c1. The van der Waals surface area contributed by atoms with Crippen molar-refractivity contribution < 1.29 is 14.3 Å². The summed E-state index contributed by atoms with van der Waals surface area (Å²) in [6, 6.07) is 6.38. The molecule has 0 radical (unpaired) electrons. The van der Waals surface area contributed by atoms with Crippen LogP contribution in [0.2, 0.25) is 0 Å². The third-order valence-electron chi connectivity index (χ3n) is 3.97. The summed E-state index contributed by atoms with van der Waals surface area (Å²) in [5.41, 5.74) is 0.455. The molecular weight excluding hydrogens is 257 g/mol. The summed E-state index contributed by atoms with van der Waals surface area (Å²) in [6.45, 7) is 1.98. The summed E-state index contributed by atoms with van der Waals surface area (Å²) in [6.07, 6.45) is 4.54. The lowest BCUT2D eigenvalue weighted by Crippen LogP contribution is -2.31. The standard InChI is InChI=1S/C16H22FNO2/c17-14-5-1-4-13(12-14)16(20)8-10-18-9-2-6-15(18)7-3-11-19/h1,4-5,12,15,19H,2-3,6-11H2. The number of ketones is 1. The number of Topliss-reactive ketones (excluding diaryl/α,β-unsaturated/α-hetero) is 1. The lowest BCUT2D eigenvalue weighted by Gasteiger charge is -2.23. The molecule has 1 unspecified atom stereocenters. The van der Waals surface area contributed by atoms with E-state index in [4.69, 9.17) is 5.11 Å². The van der Waals surface area contributed by atoms with E-state index in [1.54, 1.807) is 12.1 Å². The summed E-state index contributed by atoms with van der Waals surface area (Å²) < 4.78 is 13.1. The molecule has 0 bridgehead atoms. The zero-order valence-electron chi connectivity index (χ0n) is 11.7. The zero-order chi connectivity index (χ0) is 14.4. The minimum Gasteiger partial charge on any atom is -0.396 e. The average molecular weight is 279 g/mol. The van der Waals surface area contributed by atoms with Gasteiger partial charge in [-0.25, -0.2) is 4.39 Å². The van der Waals surface area contributed by atoms with Gasteiger partial charge in [0, 0.05) is 31.2 Å². The molecule has 110 valence electrons. The number of likely N-dealkylation sites (tertiary alicyclic amines) is 1. The second-order valence-corrected chi connectivity index (χ2v) is 5.38. The lowest BCUT2D eigenvalue weighted by molar-refractivity contribution is 0.0958. The molecule has 4 heteroatoms. The third-order valence-corrected chi connectivity index (χ3v) is 3.97. The Kier molecular flexibility index (Phi) is 5.68. The van der Waals surface area contributed by atoms with Gasteiger partial charge in [-0.3, -0.25) is 9.69 Å². The normalized spacial score (nSPS) is 19.4. The van der Waals surface area contributed by atoms with E-state index >= 15 is 0 Å². The van der Waals surface area contributed by atoms with Gasteiger partial charge in [0.2, 0.25) is 0 Å². The highest BCUT2D eigenvalue weighted by atomic mass is 19.1. The smallest absolute Gasteiger partial charge is 0.164 e. The van der Waals surface area contributed by atoms with Crippen LogP contribution in [0.4, 0.5) is 4.39 Å². The Morgan fingerprint density at radius 2 is 2.30 bits per heavy atom. The Labute approximate surface area is 119 Å². The highest BCUT2D eigenvalue weighted by Crippen LogP contribution is 2.21. The van der Waals surface area contributed by atoms with Crippen LogP contribution in [0.1, 0.15) is 42.5 Å². The predicted molar refractivity (Wildman–Crippen MR) is 76.3 cm³/mol. The van der Waals surface area contributed by atoms with Crippen LogP contribution in [0.3, 0.4) is 0 Å². The summed E-state index contributed by atoms with van der Waals surface area (Å²) in [4.78, 5) is 14.4. The Morgan fingerprint density at radius 1 is 1.45 bits per heavy atom. The highest BCUT2D eigenvalue weighted by molar-refractivity contribution is 5.96. The molecule has 1 N–H and O–H groups in total. The number of benzene rings is 1. The van der Waals surface area contributed by atoms with Crippen LogP contribution >= 0.6 is 0 Å². The van der Waals surface area contributed by atoms with Crippen molar-refractivity contribution in [3.8, 4) is 0 Å². The first-order valence-corrected chi connectivity index (χ1v) is 7.34. The van der Waals surface area contributed by atoms with Gasteiger partial charge in [0.05, 0.1) is 0 Å². The maximum absolute atomic E-state index is 13.1. The van der Waals surface area contributed by atoms with Crippen molar-refractivity contribution in [2.24, 2.45) is 0 Å². The third kappa shape index (κ3) is 4.12. The maximum Gasteiger partial charge on any atom is 0.164 e. The fraction of sp³-hybridized carbons (Fsp3) is 0.562. The fourth-order valence-electron chi connectivity index (χ4n) is 2.89. The molecule has 0 aliphatic carbocycles. The average Bonchev–Trinajstić information content (AvgIpc) is 2.90. The minimum absolute atomic E-state index is 0.00249. The molecule has 0 spiro atoms. The summed E-state index contributed by atoms with van der Waals surface area (Å²) in [5.74, 6) is -0.366. The van der Waals surface area contributed by atoms with Crippen molar-refractivity contribution in [1.82, 2.24) is 4.90 Å². The summed E-state index contributed by atoms with van der Waals surface area (Å²) in [5, 5.41) is 8.90. The van der Waals surface area contributed by atoms with E-state index in [-0.39, 0.29) is 18.2 Å². The molecule has 1 saturated heterocycles. The first-order chi connectivity index (χ1) is 9.70. The van der Waals surface area contributed by atoms with E-state index < -0.39 is 0 Å². The fourth-order valence-corrected chi connectivity index (χ4v) is 2.89. The predicted octanol–water partition coefficient (Wildman–Crippen LogP) is 2.64. The number of hydrogen-bond donors (Lipinski definition) is 1. The van der Waals surface area contributed by atoms with Crippen molar-refractivity contribution in [2.75, 3.05) is 19.7 Å². The molecule has 1 aliphatic heterocycles. The molecule has 0 saturated carbocycles. The van der Waals surface area contributed by atoms with E-state index in [2.05, 4.69) is 4.90 Å². The van der Waals surface area contributed by atoms with Gasteiger partial charge in [0.25, 0.3) is 0 Å². The molecule has 20 heavy (non-hydrogen) atoms. The summed E-state index contributed by atoms with van der Waals surface area (Å²) in [7, 11) is 0. The summed E-state index contributed by atoms with van der Waals surface area (Å²) >= 11 is 0. The van der Waals surface area contributed by atoms with Crippen molar-refractivity contribution >= 4 is 5.78 Å². The van der Waals surface area contributed by atoms with Crippen LogP contribution in [-0.4, -0.2) is 41.5 Å². The van der Waals surface area contributed by atoms with Gasteiger partial charge in [-0.2, -0.15) is 0 Å². The topological polar surface area (TPSA) is 40.5 Å². The van der Waals surface area contributed by atoms with Gasteiger partial charge < -0.3 is 5.11 Å². The van der Waals surface area contributed by atoms with Crippen LogP contribution in [-0.2, 0) is 0 Å². The zero-order valence-corrected chi connectivity index (χ0v) is 11.7. The largest absolute Gasteiger partial charge is 0.396 e. The second kappa shape index (κ2) is 7.50. The van der Waals surface area contributed by atoms with E-state index in [9.17, 15) is 9.18 Å². The number of halogens is 1. The van der Waals surface area contributed by atoms with E-state index in [1.165, 1.54) is 12.1 Å². The molecule has 1 heterocycles. The number of nitrogens with zero attached hydrogens (tertiary/aromatic N) is 1. The van der Waals surface area contributed by atoms with Crippen molar-refractivity contribution in [3.63, 3.8) is 0 Å². The van der Waals surface area contributed by atoms with E-state index in [0.717, 1.165) is 38.8 Å². The molecule has 3 nitrogen and oxygen atoms in total. The Morgan fingerprint density at radius 3 is 3.05 bits per heavy atom. The Hall–Kier alpha value is -1.26. The van der Waals surface area contributed by atoms with Crippen LogP contribution < -0.4 is 0 Å². The second-order valence-electron chi connectivity index (χ2n) is 5.38. The van der Waals surface area contributed by atoms with Gasteiger partial charge in [-0.05, 0) is 44.4 Å². The molecule has 0 aromatic heterocycles. The Bertz CT molecular complexity index is 450. The number of hydrogen-bond acceptors (Lipinski definition) is 3. The van der Waals surface area contributed by atoms with Gasteiger partial charge in [0.1, 0.15) is 5.82 Å². The van der Waals surface area contributed by atoms with Crippen LogP contribution in [0.25, 0.3) is 0 Å². The first-order valence-electron chi connectivity index (χ1n) is 7.34. The van der Waals surface area contributed by atoms with Crippen molar-refractivity contribution in [3.05, 3.63) is 35.6 Å². The number of aliphatic hydroxyl groups excluding tert-OH is 1. The highest BCUT2D eigenvalue weighted by Gasteiger charge is 2.24. The quantitative estimate of drug-likeness (QED) is 0.780. The van der Waals surface area contributed by atoms with Gasteiger partial charge in [-0.15, -0.1) is 0 Å². The first kappa shape index (κ1) is 15.1. The number of rotatable bonds is 7. The monoisotopic (exact) mass is 279 g/mol. The molecule has 1 fully saturated rings. The van der Waals surface area contributed by atoms with Crippen LogP contribution in [0.15, 0.2) is 24.3 Å². The van der Waals surface area contributed by atoms with Crippen molar-refractivity contribution in [1.29, 1.82) is 0 Å². The van der Waals surface area contributed by atoms with E-state index in [0.29, 0.717) is 18.0 Å². The molecule has 2 rings (SSSR count). The molecule has 1 aromatic carbocycles. The molecule has 0 amide bonds. The van der Waals surface area contributed by atoms with Gasteiger partial charge >= 0.3 is 0 Å². The number of carbonyl (C=O) groups is 1. The molecule has 1 atom stereocenters. The van der Waals surface area contributed by atoms with Crippen molar-refractivity contribution in [2.45, 2.75) is 38.1 Å². The number of carbonyl (C=O) groups excluding carboxylic acids is 1. The van der Waals surface area contributed by atoms with E-state index in [1.807, 2.05) is 0 Å². The van der Waals surface area contributed by atoms with Crippen LogP contribution in [0.5, 0.6) is 0 Å². The molecule has 1 aromatic rings. The Balaban J connectivity index is 1.83. The molecule has 1 aliphatic rings. The lowest BCUT2D eigenvalue weighted by atomic mass is 10.1. The van der Waals surface area contributed by atoms with Gasteiger partial charge in [-0.1, -0.05) is 12.1 Å². The van der Waals surface area contributed by atoms with Crippen LogP contribution in [0, 0.1) is 5.82 Å². The molecular formula is C16H22FNO2.